The Labute approximate surface area is 432 Å². The molecule has 1 fully saturated rings. The molecule has 0 aromatic heterocycles. The number of unbranched alkanes of at least 4 members (excludes halogenated alkanes) is 2. The summed E-state index contributed by atoms with van der Waals surface area (Å²) in [5.74, 6) is -11.0. The number of aliphatic hydroxyl groups excluding tert-OH is 3. The molecule has 29 heteroatoms. The molecular weight excluding hydrogens is 991 g/mol. The van der Waals surface area contributed by atoms with Crippen LogP contribution in [0.25, 0.3) is 0 Å². The summed E-state index contributed by atoms with van der Waals surface area (Å²) in [6, 6.07) is -8.11. The second-order valence-corrected chi connectivity index (χ2v) is 18.0. The molecule has 0 aliphatic carbocycles. The Bertz CT molecular complexity index is 2120. The Hall–Kier alpha value is -7.05. The number of amides is 10. The van der Waals surface area contributed by atoms with Gasteiger partial charge in [-0.2, -0.15) is 0 Å². The van der Waals surface area contributed by atoms with E-state index >= 15 is 0 Å². The van der Waals surface area contributed by atoms with Crippen LogP contribution in [0.1, 0.15) is 89.5 Å². The monoisotopic (exact) mass is 1070 g/mol. The molecule has 0 bridgehead atoms. The van der Waals surface area contributed by atoms with Crippen LogP contribution in [0, 0.1) is 0 Å². The van der Waals surface area contributed by atoms with Crippen LogP contribution in [0.3, 0.4) is 0 Å². The van der Waals surface area contributed by atoms with Crippen molar-refractivity contribution in [3.8, 4) is 5.75 Å². The lowest BCUT2D eigenvalue weighted by Crippen LogP contribution is -2.61. The number of carbonyl (C=O) groups is 11. The molecule has 0 spiro atoms. The molecular formula is C46H75N13O16. The van der Waals surface area contributed by atoms with Gasteiger partial charge >= 0.3 is 5.97 Å². The summed E-state index contributed by atoms with van der Waals surface area (Å²) >= 11 is 0. The van der Waals surface area contributed by atoms with Crippen LogP contribution in [0.2, 0.25) is 0 Å². The highest BCUT2D eigenvalue weighted by molar-refractivity contribution is 5.98. The fourth-order valence-electron chi connectivity index (χ4n) is 7.75. The van der Waals surface area contributed by atoms with Crippen molar-refractivity contribution in [2.45, 2.75) is 151 Å². The number of carboxylic acids is 1. The van der Waals surface area contributed by atoms with E-state index in [9.17, 15) is 78.3 Å². The highest BCUT2D eigenvalue weighted by Crippen LogP contribution is 2.21. The minimum Gasteiger partial charge on any atom is -0.508 e. The first-order valence-corrected chi connectivity index (χ1v) is 24.5. The van der Waals surface area contributed by atoms with Crippen LogP contribution in [-0.2, 0) is 59.2 Å². The number of carboxylic acid groups (broad SMARTS) is 1. The molecule has 29 nitrogen and oxygen atoms in total. The van der Waals surface area contributed by atoms with Crippen molar-refractivity contribution in [3.05, 3.63) is 29.8 Å². The van der Waals surface area contributed by atoms with Crippen molar-refractivity contribution in [2.75, 3.05) is 32.8 Å². The van der Waals surface area contributed by atoms with E-state index in [0.29, 0.717) is 31.2 Å². The molecule has 22 N–H and O–H groups in total. The standard InChI is InChI=1S/C46H75N13O16/c1-24(62)37(46(74)75)58-41(69)29(8-3-5-19-48)54-44(72)34-9-6-20-59(34)45(73)31(21-25-10-12-26(63)13-11-25)55-42(70)32(22-60)57-43(71)33(23-61)56-39(67)28(7-2-4-18-47)53-40(68)30(15-17-36(51)65)52-38(66)27(49)14-16-35(50)64/h10-13,24,27-34,37,60-63H,2-9,14-23,47-49H2,1H3,(H2,50,64)(H2,51,65)(H,52,66)(H,53,68)(H,54,72)(H,55,70)(H,56,67)(H,57,71)(H,58,69)(H,74,75)/t24-,27+,28+,29+,30+,31+,32+,33+,34+,37+/m1/s1. The van der Waals surface area contributed by atoms with Crippen LogP contribution in [0.15, 0.2) is 24.3 Å². The summed E-state index contributed by atoms with van der Waals surface area (Å²) in [4.78, 5) is 145. The minimum atomic E-state index is -1.84. The number of primary amides is 2. The number of hydrogen-bond donors (Lipinski definition) is 17. The normalized spacial score (nSPS) is 16.7. The van der Waals surface area contributed by atoms with Crippen molar-refractivity contribution in [1.29, 1.82) is 0 Å². The smallest absolute Gasteiger partial charge is 0.328 e. The number of hydrogen-bond acceptors (Lipinski definition) is 18. The van der Waals surface area contributed by atoms with Gasteiger partial charge in [-0.3, -0.25) is 47.9 Å². The van der Waals surface area contributed by atoms with Gasteiger partial charge in [0.1, 0.15) is 48.0 Å². The summed E-state index contributed by atoms with van der Waals surface area (Å²) in [6.45, 7) is -0.592. The number of nitrogens with zero attached hydrogens (tertiary/aromatic N) is 1. The van der Waals surface area contributed by atoms with Crippen LogP contribution in [0.5, 0.6) is 5.75 Å². The van der Waals surface area contributed by atoms with Gasteiger partial charge in [-0.25, -0.2) is 4.79 Å². The third kappa shape index (κ3) is 22.1. The number of aromatic hydroxyl groups is 1. The molecule has 10 amide bonds. The maximum absolute atomic E-state index is 14.4. The summed E-state index contributed by atoms with van der Waals surface area (Å²) < 4.78 is 0. The second kappa shape index (κ2) is 33.0. The summed E-state index contributed by atoms with van der Waals surface area (Å²) in [6.07, 6.45) is -1.22. The van der Waals surface area contributed by atoms with Gasteiger partial charge in [-0.1, -0.05) is 12.1 Å². The van der Waals surface area contributed by atoms with Crippen molar-refractivity contribution in [2.24, 2.45) is 28.7 Å². The van der Waals surface area contributed by atoms with E-state index < -0.39 is 145 Å². The minimum absolute atomic E-state index is 0.00697. The quantitative estimate of drug-likeness (QED) is 0.0281. The Balaban J connectivity index is 2.35. The Morgan fingerprint density at radius 2 is 1.05 bits per heavy atom. The maximum atomic E-state index is 14.4. The Morgan fingerprint density at radius 3 is 1.53 bits per heavy atom. The van der Waals surface area contributed by atoms with Gasteiger partial charge in [-0.05, 0) is 102 Å². The number of aliphatic hydroxyl groups is 3. The number of phenols is 1. The van der Waals surface area contributed by atoms with Gasteiger partial charge in [0, 0.05) is 25.8 Å². The average molecular weight is 1070 g/mol. The van der Waals surface area contributed by atoms with Crippen molar-refractivity contribution in [3.63, 3.8) is 0 Å². The van der Waals surface area contributed by atoms with Crippen molar-refractivity contribution >= 4 is 65.0 Å². The third-order valence-corrected chi connectivity index (χ3v) is 12.0. The highest BCUT2D eigenvalue weighted by atomic mass is 16.4. The van der Waals surface area contributed by atoms with Crippen LogP contribution < -0.4 is 65.9 Å². The van der Waals surface area contributed by atoms with Gasteiger partial charge < -0.3 is 96.3 Å². The number of nitrogens with one attached hydrogen (secondary N) is 7. The molecule has 1 heterocycles. The molecule has 10 atom stereocenters. The lowest BCUT2D eigenvalue weighted by molar-refractivity contribution is -0.145. The van der Waals surface area contributed by atoms with Crippen LogP contribution >= 0.6 is 0 Å². The molecule has 1 saturated heterocycles. The Morgan fingerprint density at radius 1 is 0.613 bits per heavy atom. The molecule has 420 valence electrons. The van der Waals surface area contributed by atoms with Gasteiger partial charge in [0.25, 0.3) is 0 Å². The molecule has 0 saturated carbocycles. The van der Waals surface area contributed by atoms with E-state index in [-0.39, 0.29) is 76.8 Å². The SMILES string of the molecule is C[C@@H](O)[C@H](NC(=O)[C@H](CCCCN)NC(=O)[C@@H]1CCCN1C(=O)[C@H](Cc1ccc(O)cc1)NC(=O)[C@H](CO)NC(=O)[C@H](CO)NC(=O)[C@H](CCCCN)NC(=O)[C@H](CCC(N)=O)NC(=O)[C@@H](N)CCC(N)=O)C(=O)O. The zero-order valence-electron chi connectivity index (χ0n) is 41.9. The van der Waals surface area contributed by atoms with Crippen LogP contribution in [-0.4, -0.2) is 189 Å². The molecule has 1 aliphatic rings. The zero-order chi connectivity index (χ0) is 56.4. The highest BCUT2D eigenvalue weighted by Gasteiger charge is 2.41. The number of carbonyl (C=O) groups excluding carboxylic acids is 10. The lowest BCUT2D eigenvalue weighted by Gasteiger charge is -2.31. The van der Waals surface area contributed by atoms with E-state index in [4.69, 9.17) is 28.7 Å². The zero-order valence-corrected chi connectivity index (χ0v) is 41.9. The fraction of sp³-hybridized carbons (Fsp3) is 0.630. The number of phenolic OH excluding ortho intramolecular Hbond substituents is 1. The molecule has 75 heavy (non-hydrogen) atoms. The summed E-state index contributed by atoms with van der Waals surface area (Å²) in [7, 11) is 0. The number of likely N-dealkylation sites (tertiary alicyclic amines) is 1. The number of benzene rings is 1. The molecule has 1 aromatic carbocycles. The lowest BCUT2D eigenvalue weighted by atomic mass is 10.0. The van der Waals surface area contributed by atoms with E-state index in [0.717, 1.165) is 11.8 Å². The number of rotatable bonds is 35. The molecule has 1 aromatic rings. The Kier molecular flexibility index (Phi) is 28.2. The summed E-state index contributed by atoms with van der Waals surface area (Å²) in [5.41, 5.74) is 27.9. The first-order chi connectivity index (χ1) is 35.5. The fourth-order valence-corrected chi connectivity index (χ4v) is 7.75. The van der Waals surface area contributed by atoms with E-state index in [1.54, 1.807) is 0 Å². The number of aliphatic carboxylic acids is 1. The van der Waals surface area contributed by atoms with Crippen molar-refractivity contribution in [1.82, 2.24) is 42.1 Å². The van der Waals surface area contributed by atoms with Gasteiger partial charge in [-0.15, -0.1) is 0 Å². The van der Waals surface area contributed by atoms with E-state index in [1.165, 1.54) is 24.3 Å². The predicted molar refractivity (Wildman–Crippen MR) is 264 cm³/mol. The van der Waals surface area contributed by atoms with Gasteiger partial charge in [0.15, 0.2) is 6.04 Å². The summed E-state index contributed by atoms with van der Waals surface area (Å²) in [5, 5.41) is 66.6. The topological polar surface area (TPSA) is 506 Å². The molecule has 0 unspecified atom stereocenters. The number of nitrogens with two attached hydrogens (primary N) is 5. The predicted octanol–water partition coefficient (Wildman–Crippen LogP) is -7.11. The first-order valence-electron chi connectivity index (χ1n) is 24.5. The maximum Gasteiger partial charge on any atom is 0.328 e. The molecule has 1 aliphatic heterocycles. The van der Waals surface area contributed by atoms with Crippen LogP contribution in [0.4, 0.5) is 0 Å². The van der Waals surface area contributed by atoms with E-state index in [2.05, 4.69) is 37.2 Å². The first kappa shape index (κ1) is 64.1. The van der Waals surface area contributed by atoms with Gasteiger partial charge in [0.05, 0.1) is 25.4 Å². The van der Waals surface area contributed by atoms with Crippen molar-refractivity contribution < 1.29 is 78.3 Å². The molecule has 0 radical (unpaired) electrons. The third-order valence-electron chi connectivity index (χ3n) is 12.0. The van der Waals surface area contributed by atoms with E-state index in [1.807, 2.05) is 0 Å². The molecule has 2 rings (SSSR count). The average Bonchev–Trinajstić information content (AvgIpc) is 3.86. The largest absolute Gasteiger partial charge is 0.508 e. The second-order valence-electron chi connectivity index (χ2n) is 18.0. The van der Waals surface area contributed by atoms with Gasteiger partial charge in [0.2, 0.25) is 59.1 Å².